The lowest BCUT2D eigenvalue weighted by Crippen LogP contribution is -2.24. The molecule has 0 bridgehead atoms. The number of hydrogen-bond acceptors (Lipinski definition) is 2. The standard InChI is InChI=1S/C15H16F3NO/c1-10-3-2-4-12(7-10)20-13-6-5-11(9-19)14(8-13)15(16,17)18/h5-6,8,10,12H,2-4,7H2,1H3. The Morgan fingerprint density at radius 1 is 1.30 bits per heavy atom. The van der Waals surface area contributed by atoms with E-state index in [-0.39, 0.29) is 17.4 Å². The molecule has 1 fully saturated rings. The molecule has 0 radical (unpaired) electrons. The van der Waals surface area contributed by atoms with E-state index in [1.54, 1.807) is 6.07 Å². The predicted octanol–water partition coefficient (Wildman–Crippen LogP) is 4.53. The van der Waals surface area contributed by atoms with Gasteiger partial charge in [0.15, 0.2) is 0 Å². The molecule has 2 rings (SSSR count). The normalized spacial score (nSPS) is 23.1. The van der Waals surface area contributed by atoms with Crippen molar-refractivity contribution in [1.29, 1.82) is 5.26 Å². The predicted molar refractivity (Wildman–Crippen MR) is 68.2 cm³/mol. The van der Waals surface area contributed by atoms with Crippen molar-refractivity contribution < 1.29 is 17.9 Å². The molecule has 1 saturated carbocycles. The number of rotatable bonds is 2. The van der Waals surface area contributed by atoms with Gasteiger partial charge in [-0.15, -0.1) is 0 Å². The van der Waals surface area contributed by atoms with Gasteiger partial charge >= 0.3 is 6.18 Å². The minimum atomic E-state index is -4.54. The highest BCUT2D eigenvalue weighted by Crippen LogP contribution is 2.35. The van der Waals surface area contributed by atoms with Crippen LogP contribution in [0.2, 0.25) is 0 Å². The first kappa shape index (κ1) is 14.7. The lowest BCUT2D eigenvalue weighted by molar-refractivity contribution is -0.137. The Kier molecular flexibility index (Phi) is 4.22. The van der Waals surface area contributed by atoms with Gasteiger partial charge in [-0.1, -0.05) is 13.3 Å². The summed E-state index contributed by atoms with van der Waals surface area (Å²) in [5.41, 5.74) is -1.30. The molecule has 0 amide bonds. The highest BCUT2D eigenvalue weighted by molar-refractivity contribution is 5.44. The highest BCUT2D eigenvalue weighted by atomic mass is 19.4. The average Bonchev–Trinajstić information content (AvgIpc) is 2.37. The fourth-order valence-corrected chi connectivity index (χ4v) is 2.61. The van der Waals surface area contributed by atoms with E-state index in [1.165, 1.54) is 12.1 Å². The van der Waals surface area contributed by atoms with Crippen molar-refractivity contribution in [3.05, 3.63) is 29.3 Å². The van der Waals surface area contributed by atoms with Crippen LogP contribution in [-0.4, -0.2) is 6.10 Å². The molecule has 1 aromatic rings. The van der Waals surface area contributed by atoms with E-state index in [2.05, 4.69) is 6.92 Å². The van der Waals surface area contributed by atoms with Crippen LogP contribution in [0.1, 0.15) is 43.7 Å². The van der Waals surface area contributed by atoms with Crippen molar-refractivity contribution in [3.8, 4) is 11.8 Å². The Morgan fingerprint density at radius 3 is 2.65 bits per heavy atom. The van der Waals surface area contributed by atoms with Crippen molar-refractivity contribution in [2.45, 2.75) is 44.9 Å². The third kappa shape index (κ3) is 3.44. The van der Waals surface area contributed by atoms with E-state index in [4.69, 9.17) is 10.00 Å². The third-order valence-electron chi connectivity index (χ3n) is 3.61. The molecule has 2 nitrogen and oxygen atoms in total. The fraction of sp³-hybridized carbons (Fsp3) is 0.533. The van der Waals surface area contributed by atoms with Gasteiger partial charge in [-0.2, -0.15) is 18.4 Å². The smallest absolute Gasteiger partial charge is 0.417 e. The van der Waals surface area contributed by atoms with Crippen LogP contribution in [0.15, 0.2) is 18.2 Å². The van der Waals surface area contributed by atoms with Crippen molar-refractivity contribution in [2.24, 2.45) is 5.92 Å². The summed E-state index contributed by atoms with van der Waals surface area (Å²) in [6, 6.07) is 5.10. The molecule has 20 heavy (non-hydrogen) atoms. The summed E-state index contributed by atoms with van der Waals surface area (Å²) in [5, 5.41) is 8.74. The first-order chi connectivity index (χ1) is 9.40. The summed E-state index contributed by atoms with van der Waals surface area (Å²) in [5.74, 6) is 0.727. The van der Waals surface area contributed by atoms with Gasteiger partial charge < -0.3 is 4.74 Å². The van der Waals surface area contributed by atoms with E-state index in [0.717, 1.165) is 31.7 Å². The molecule has 2 atom stereocenters. The van der Waals surface area contributed by atoms with Crippen LogP contribution in [-0.2, 0) is 6.18 Å². The van der Waals surface area contributed by atoms with Crippen LogP contribution in [0, 0.1) is 17.2 Å². The van der Waals surface area contributed by atoms with Gasteiger partial charge in [0, 0.05) is 0 Å². The second-order valence-electron chi connectivity index (χ2n) is 5.33. The summed E-state index contributed by atoms with van der Waals surface area (Å²) in [6.07, 6.45) is -0.667. The van der Waals surface area contributed by atoms with E-state index in [1.807, 2.05) is 0 Å². The first-order valence-corrected chi connectivity index (χ1v) is 6.68. The number of benzene rings is 1. The second-order valence-corrected chi connectivity index (χ2v) is 5.33. The number of halogens is 3. The molecule has 1 aliphatic rings. The molecular formula is C15H16F3NO. The van der Waals surface area contributed by atoms with Gasteiger partial charge in [-0.3, -0.25) is 0 Å². The molecular weight excluding hydrogens is 267 g/mol. The van der Waals surface area contributed by atoms with E-state index in [9.17, 15) is 13.2 Å². The van der Waals surface area contributed by atoms with Crippen LogP contribution in [0.25, 0.3) is 0 Å². The van der Waals surface area contributed by atoms with E-state index >= 15 is 0 Å². The molecule has 0 aliphatic heterocycles. The minimum absolute atomic E-state index is 0.0345. The maximum atomic E-state index is 12.8. The fourth-order valence-electron chi connectivity index (χ4n) is 2.61. The molecule has 0 aromatic heterocycles. The summed E-state index contributed by atoms with van der Waals surface area (Å²) in [6.45, 7) is 2.12. The Labute approximate surface area is 116 Å². The SMILES string of the molecule is CC1CCCC(Oc2ccc(C#N)c(C(F)(F)F)c2)C1. The van der Waals surface area contributed by atoms with E-state index < -0.39 is 11.7 Å². The summed E-state index contributed by atoms with van der Waals surface area (Å²) >= 11 is 0. The molecule has 5 heteroatoms. The Hall–Kier alpha value is -1.70. The van der Waals surface area contributed by atoms with Crippen molar-refractivity contribution in [2.75, 3.05) is 0 Å². The van der Waals surface area contributed by atoms with Gasteiger partial charge in [0.25, 0.3) is 0 Å². The lowest BCUT2D eigenvalue weighted by Gasteiger charge is -2.27. The van der Waals surface area contributed by atoms with Crippen LogP contribution in [0.4, 0.5) is 13.2 Å². The van der Waals surface area contributed by atoms with Gasteiger partial charge in [0.2, 0.25) is 0 Å². The van der Waals surface area contributed by atoms with Crippen molar-refractivity contribution in [3.63, 3.8) is 0 Å². The number of ether oxygens (including phenoxy) is 1. The zero-order chi connectivity index (χ0) is 14.8. The number of hydrogen-bond donors (Lipinski definition) is 0. The third-order valence-corrected chi connectivity index (χ3v) is 3.61. The Morgan fingerprint density at radius 2 is 2.05 bits per heavy atom. The zero-order valence-electron chi connectivity index (χ0n) is 11.2. The topological polar surface area (TPSA) is 33.0 Å². The van der Waals surface area contributed by atoms with Crippen LogP contribution in [0.3, 0.4) is 0 Å². The monoisotopic (exact) mass is 283 g/mol. The molecule has 108 valence electrons. The second kappa shape index (κ2) is 5.74. The molecule has 1 aromatic carbocycles. The molecule has 0 heterocycles. The van der Waals surface area contributed by atoms with E-state index in [0.29, 0.717) is 5.92 Å². The van der Waals surface area contributed by atoms with Crippen molar-refractivity contribution >= 4 is 0 Å². The van der Waals surface area contributed by atoms with Crippen LogP contribution < -0.4 is 4.74 Å². The molecule has 1 aliphatic carbocycles. The van der Waals surface area contributed by atoms with Gasteiger partial charge in [0.05, 0.1) is 23.3 Å². The number of nitriles is 1. The zero-order valence-corrected chi connectivity index (χ0v) is 11.2. The van der Waals surface area contributed by atoms with Gasteiger partial charge in [0.1, 0.15) is 5.75 Å². The average molecular weight is 283 g/mol. The van der Waals surface area contributed by atoms with Gasteiger partial charge in [-0.05, 0) is 43.4 Å². The highest BCUT2D eigenvalue weighted by Gasteiger charge is 2.34. The summed E-state index contributed by atoms with van der Waals surface area (Å²) < 4.78 is 44.2. The quantitative estimate of drug-likeness (QED) is 0.798. The molecule has 0 N–H and O–H groups in total. The Balaban J connectivity index is 2.19. The largest absolute Gasteiger partial charge is 0.490 e. The van der Waals surface area contributed by atoms with Crippen molar-refractivity contribution in [1.82, 2.24) is 0 Å². The molecule has 0 spiro atoms. The molecule has 2 unspecified atom stereocenters. The lowest BCUT2D eigenvalue weighted by atomic mass is 9.89. The first-order valence-electron chi connectivity index (χ1n) is 6.68. The number of alkyl halides is 3. The minimum Gasteiger partial charge on any atom is -0.490 e. The maximum Gasteiger partial charge on any atom is 0.417 e. The summed E-state index contributed by atoms with van der Waals surface area (Å²) in [4.78, 5) is 0. The summed E-state index contributed by atoms with van der Waals surface area (Å²) in [7, 11) is 0. The van der Waals surface area contributed by atoms with Crippen LogP contribution in [0.5, 0.6) is 5.75 Å². The molecule has 0 saturated heterocycles. The van der Waals surface area contributed by atoms with Gasteiger partial charge in [-0.25, -0.2) is 0 Å². The Bertz CT molecular complexity index is 519. The number of nitrogens with zero attached hydrogens (tertiary/aromatic N) is 1. The van der Waals surface area contributed by atoms with Crippen LogP contribution >= 0.6 is 0 Å². The maximum absolute atomic E-state index is 12.8.